The van der Waals surface area contributed by atoms with Gasteiger partial charge >= 0.3 is 47.8 Å². The number of hydrogen-bond donors (Lipinski definition) is 1. The number of carbonyl (C=O) groups excluding carboxylic acids is 8. The summed E-state index contributed by atoms with van der Waals surface area (Å²) >= 11 is 0. The third-order valence-electron chi connectivity index (χ3n) is 14.3. The second-order valence-electron chi connectivity index (χ2n) is 23.4. The molecule has 0 spiro atoms. The number of cyclic esters (lactones) is 8. The molecular formula is C65H114O21. The summed E-state index contributed by atoms with van der Waals surface area (Å²) in [5.41, 5.74) is -0.811. The molecule has 21 heteroatoms. The van der Waals surface area contributed by atoms with Gasteiger partial charge in [-0.2, -0.15) is 0 Å². The summed E-state index contributed by atoms with van der Waals surface area (Å²) in [5, 5.41) is 9.72. The van der Waals surface area contributed by atoms with Crippen molar-refractivity contribution >= 4 is 47.8 Å². The monoisotopic (exact) mass is 1230 g/mol. The van der Waals surface area contributed by atoms with E-state index in [1.807, 2.05) is 48.5 Å². The SMILES string of the molecule is C.C.C=C1CC(C)CCO1.C=C1CCC(C)O1.CC1CC(=O)O1.CC1CCC(=O)OC1.CC1CCCC(=O)O1.CC1CCCOC1=O.CC1CCOC1=O.CC1COC(=O)C1.CC1COC1=O.CCC1(O)CC(=O)OC(C)C1.COC1CCCCO1. The van der Waals surface area contributed by atoms with Crippen LogP contribution in [0.25, 0.3) is 0 Å². The molecule has 11 fully saturated rings. The molecule has 0 saturated carbocycles. The Morgan fingerprint density at radius 1 is 0.453 bits per heavy atom. The first-order valence-electron chi connectivity index (χ1n) is 30.5. The Labute approximate surface area is 515 Å². The zero-order chi connectivity index (χ0) is 63.2. The third-order valence-corrected chi connectivity index (χ3v) is 14.3. The summed E-state index contributed by atoms with van der Waals surface area (Å²) in [5.74, 6) is 3.59. The second-order valence-corrected chi connectivity index (χ2v) is 23.4. The Morgan fingerprint density at radius 2 is 1.03 bits per heavy atom. The minimum atomic E-state index is -0.811. The standard InChI is InChI=1S/C8H14O3.C7H12O.C6H10O2.C6H12O2.2C6H10O2.C6H10O.2C5H8O2.2C4H6O2.2CH4/c1-3-8(10)4-6(2)11-7(9)5-8;1-6-3-4-8-7(2)5-6;1-5-2-3-6(7)8-4-5;1-7-6-4-2-3-5-8-6;1-5-3-2-4-8-6(5)7;1-5-3-2-4-6(7)8-5;1-5-3-4-6(2)7-5;1-4-2-5(6)7-3-4;1-4-2-3-7-5(4)6;1-3-2-6-4(3)5;1-3-2-4(5)6-3;;/h6,10H,3-5H2,1-2H3;6H,2-5H2,1H3;5H,2-4H2,1H3;6H,2-5H2,1H3;2*5H,2-4H2,1H3;6H,1,3-4H2,2H3;2*4H,2-3H2,1H3;2*3H,2H2,1H3;2*1H4. The van der Waals surface area contributed by atoms with E-state index in [0.717, 1.165) is 94.9 Å². The number of allylic oxidation sites excluding steroid dienone is 2. The quantitative estimate of drug-likeness (QED) is 0.199. The van der Waals surface area contributed by atoms with Crippen molar-refractivity contribution in [3.8, 4) is 0 Å². The molecule has 11 saturated heterocycles. The molecule has 0 bridgehead atoms. The highest BCUT2D eigenvalue weighted by atomic mass is 16.7. The molecule has 11 aliphatic rings. The molecule has 12 unspecified atom stereocenters. The van der Waals surface area contributed by atoms with Gasteiger partial charge in [0.2, 0.25) is 0 Å². The Kier molecular flexibility index (Phi) is 45.1. The first kappa shape index (κ1) is 82.8. The Hall–Kier alpha value is -5.28. The largest absolute Gasteiger partial charge is 0.499 e. The number of esters is 8. The maximum Gasteiger partial charge on any atom is 0.312 e. The molecule has 0 amide bonds. The van der Waals surface area contributed by atoms with Crippen LogP contribution >= 0.6 is 0 Å². The lowest BCUT2D eigenvalue weighted by Gasteiger charge is -2.33. The molecular weight excluding hydrogens is 1120 g/mol. The molecule has 0 radical (unpaired) electrons. The van der Waals surface area contributed by atoms with E-state index in [1.165, 1.54) is 19.3 Å². The van der Waals surface area contributed by atoms with Gasteiger partial charge in [-0.05, 0) is 124 Å². The zero-order valence-corrected chi connectivity index (χ0v) is 53.0. The molecule has 500 valence electrons. The Morgan fingerprint density at radius 3 is 1.30 bits per heavy atom. The van der Waals surface area contributed by atoms with Crippen molar-refractivity contribution in [3.05, 3.63) is 24.7 Å². The molecule has 86 heavy (non-hydrogen) atoms. The Balaban J connectivity index is 0. The van der Waals surface area contributed by atoms with E-state index in [0.29, 0.717) is 89.5 Å². The van der Waals surface area contributed by atoms with E-state index in [9.17, 15) is 43.5 Å². The summed E-state index contributed by atoms with van der Waals surface area (Å²) in [6, 6.07) is 0. The van der Waals surface area contributed by atoms with Crippen molar-refractivity contribution < 1.29 is 100 Å². The van der Waals surface area contributed by atoms with Gasteiger partial charge < -0.3 is 61.9 Å². The van der Waals surface area contributed by atoms with E-state index >= 15 is 0 Å². The molecule has 21 nitrogen and oxygen atoms in total. The van der Waals surface area contributed by atoms with Crippen molar-refractivity contribution in [1.29, 1.82) is 0 Å². The van der Waals surface area contributed by atoms with Crippen LogP contribution in [-0.2, 0) is 95.2 Å². The molecule has 0 aliphatic carbocycles. The number of aliphatic hydroxyl groups is 1. The molecule has 12 atom stereocenters. The lowest BCUT2D eigenvalue weighted by Crippen LogP contribution is -2.41. The van der Waals surface area contributed by atoms with Crippen molar-refractivity contribution in [2.75, 3.05) is 53.4 Å². The van der Waals surface area contributed by atoms with Crippen molar-refractivity contribution in [2.45, 2.75) is 256 Å². The van der Waals surface area contributed by atoms with Crippen LogP contribution in [0.3, 0.4) is 0 Å². The molecule has 0 aromatic rings. The summed E-state index contributed by atoms with van der Waals surface area (Å²) in [6.07, 6.45) is 18.4. The van der Waals surface area contributed by atoms with Crippen molar-refractivity contribution in [2.24, 2.45) is 35.5 Å². The summed E-state index contributed by atoms with van der Waals surface area (Å²) in [6.45, 7) is 33.8. The van der Waals surface area contributed by atoms with Crippen LogP contribution in [0.1, 0.15) is 219 Å². The van der Waals surface area contributed by atoms with Gasteiger partial charge in [0.15, 0.2) is 6.29 Å². The van der Waals surface area contributed by atoms with E-state index in [-0.39, 0.29) is 111 Å². The molecule has 0 aromatic heterocycles. The fourth-order valence-corrected chi connectivity index (χ4v) is 8.53. The highest BCUT2D eigenvalue weighted by molar-refractivity contribution is 5.77. The predicted octanol–water partition coefficient (Wildman–Crippen LogP) is 11.6. The van der Waals surface area contributed by atoms with Crippen molar-refractivity contribution in [3.63, 3.8) is 0 Å². The van der Waals surface area contributed by atoms with Crippen LogP contribution in [0.5, 0.6) is 0 Å². The summed E-state index contributed by atoms with van der Waals surface area (Å²) < 4.78 is 57.9. The van der Waals surface area contributed by atoms with Gasteiger partial charge in [0.05, 0.1) is 99.4 Å². The average Bonchev–Trinajstić information content (AvgIpc) is 4.10. The highest BCUT2D eigenvalue weighted by Crippen LogP contribution is 2.28. The highest BCUT2D eigenvalue weighted by Gasteiger charge is 2.36. The number of rotatable bonds is 2. The topological polar surface area (TPSA) is 268 Å². The second kappa shape index (κ2) is 46.8. The van der Waals surface area contributed by atoms with Gasteiger partial charge in [-0.25, -0.2) is 0 Å². The van der Waals surface area contributed by atoms with Crippen LogP contribution in [-0.4, -0.2) is 143 Å². The van der Waals surface area contributed by atoms with Gasteiger partial charge in [-0.15, -0.1) is 0 Å². The molecule has 0 aromatic carbocycles. The van der Waals surface area contributed by atoms with Crippen molar-refractivity contribution in [1.82, 2.24) is 0 Å². The van der Waals surface area contributed by atoms with Gasteiger partial charge in [-0.3, -0.25) is 38.4 Å². The molecule has 11 heterocycles. The maximum atomic E-state index is 10.9. The first-order valence-corrected chi connectivity index (χ1v) is 30.5. The van der Waals surface area contributed by atoms with Crippen LogP contribution in [0, 0.1) is 35.5 Å². The van der Waals surface area contributed by atoms with E-state index in [4.69, 9.17) is 37.9 Å². The first-order chi connectivity index (χ1) is 39.6. The minimum Gasteiger partial charge on any atom is -0.499 e. The number of hydrogen-bond acceptors (Lipinski definition) is 21. The smallest absolute Gasteiger partial charge is 0.312 e. The maximum absolute atomic E-state index is 10.9. The van der Waals surface area contributed by atoms with Gasteiger partial charge in [-0.1, -0.05) is 69.6 Å². The van der Waals surface area contributed by atoms with Crippen LogP contribution in [0.15, 0.2) is 24.7 Å². The minimum absolute atomic E-state index is 0. The van der Waals surface area contributed by atoms with Gasteiger partial charge in [0.1, 0.15) is 18.8 Å². The van der Waals surface area contributed by atoms with Crippen LogP contribution in [0.4, 0.5) is 0 Å². The number of methoxy groups -OCH3 is 1. The van der Waals surface area contributed by atoms with E-state index in [1.54, 1.807) is 14.0 Å². The fraction of sp³-hybridized carbons (Fsp3) is 0.815. The normalized spacial score (nSPS) is 30.6. The predicted molar refractivity (Wildman–Crippen MR) is 324 cm³/mol. The molecule has 1 N–H and O–H groups in total. The molecule has 11 aliphatic heterocycles. The summed E-state index contributed by atoms with van der Waals surface area (Å²) in [4.78, 5) is 82.8. The fourth-order valence-electron chi connectivity index (χ4n) is 8.53. The van der Waals surface area contributed by atoms with E-state index in [2.05, 4.69) is 52.9 Å². The lowest BCUT2D eigenvalue weighted by atomic mass is 9.88. The third kappa shape index (κ3) is 41.0. The zero-order valence-electron chi connectivity index (χ0n) is 53.0. The van der Waals surface area contributed by atoms with Gasteiger partial charge in [0.25, 0.3) is 0 Å². The van der Waals surface area contributed by atoms with Crippen LogP contribution in [0.2, 0.25) is 0 Å². The van der Waals surface area contributed by atoms with E-state index < -0.39 is 5.60 Å². The Bertz CT molecular complexity index is 1920. The number of carbonyl (C=O) groups is 8. The molecule has 11 rings (SSSR count). The lowest BCUT2D eigenvalue weighted by molar-refractivity contribution is -0.169. The summed E-state index contributed by atoms with van der Waals surface area (Å²) in [7, 11) is 1.69. The van der Waals surface area contributed by atoms with Gasteiger partial charge in [0, 0.05) is 51.7 Å². The van der Waals surface area contributed by atoms with Crippen LogP contribution < -0.4 is 0 Å². The number of ether oxygens (including phenoxy) is 12. The average molecular weight is 1230 g/mol.